The highest BCUT2D eigenvalue weighted by atomic mass is 79.9. The van der Waals surface area contributed by atoms with E-state index in [0.717, 1.165) is 22.2 Å². The van der Waals surface area contributed by atoms with E-state index in [1.54, 1.807) is 17.1 Å². The molecule has 0 aliphatic rings. The molecule has 0 saturated carbocycles. The molecule has 2 aromatic heterocycles. The maximum absolute atomic E-state index is 5.58. The predicted octanol–water partition coefficient (Wildman–Crippen LogP) is 1.32. The first-order valence-corrected chi connectivity index (χ1v) is 6.03. The number of aryl methyl sites for hydroxylation is 1. The van der Waals surface area contributed by atoms with Gasteiger partial charge >= 0.3 is 0 Å². The van der Waals surface area contributed by atoms with Crippen molar-refractivity contribution in [3.8, 4) is 0 Å². The molecule has 0 spiro atoms. The zero-order valence-electron chi connectivity index (χ0n) is 9.47. The van der Waals surface area contributed by atoms with Crippen LogP contribution in [0.15, 0.2) is 35.2 Å². The van der Waals surface area contributed by atoms with Gasteiger partial charge in [-0.1, -0.05) is 0 Å². The first-order valence-electron chi connectivity index (χ1n) is 5.24. The quantitative estimate of drug-likeness (QED) is 0.659. The first-order chi connectivity index (χ1) is 8.19. The lowest BCUT2D eigenvalue weighted by molar-refractivity contribution is 0.539. The molecular weight excluding hydrogens is 282 g/mol. The third kappa shape index (κ3) is 3.12. The molecule has 2 heterocycles. The molecule has 1 atom stereocenters. The highest BCUT2D eigenvalue weighted by molar-refractivity contribution is 9.10. The van der Waals surface area contributed by atoms with Gasteiger partial charge in [0.1, 0.15) is 0 Å². The molecule has 3 N–H and O–H groups in total. The Morgan fingerprint density at radius 3 is 2.94 bits per heavy atom. The third-order valence-electron chi connectivity index (χ3n) is 2.51. The Hall–Kier alpha value is -1.24. The molecule has 0 bridgehead atoms. The van der Waals surface area contributed by atoms with E-state index in [9.17, 15) is 0 Å². The Morgan fingerprint density at radius 2 is 2.35 bits per heavy atom. The molecule has 2 aromatic rings. The van der Waals surface area contributed by atoms with Gasteiger partial charge in [0, 0.05) is 36.5 Å². The van der Waals surface area contributed by atoms with Crippen LogP contribution >= 0.6 is 15.9 Å². The molecule has 17 heavy (non-hydrogen) atoms. The molecule has 1 unspecified atom stereocenters. The number of rotatable bonds is 4. The number of aromatic nitrogens is 3. The Balaban J connectivity index is 2.16. The van der Waals surface area contributed by atoms with Gasteiger partial charge in [0.2, 0.25) is 0 Å². The molecule has 0 saturated heterocycles. The Bertz CT molecular complexity index is 496. The number of pyridine rings is 1. The zero-order chi connectivity index (χ0) is 12.3. The van der Waals surface area contributed by atoms with Crippen LogP contribution in [0.3, 0.4) is 0 Å². The summed E-state index contributed by atoms with van der Waals surface area (Å²) < 4.78 is 2.72. The van der Waals surface area contributed by atoms with E-state index in [1.165, 1.54) is 0 Å². The first kappa shape index (κ1) is 12.2. The van der Waals surface area contributed by atoms with Crippen molar-refractivity contribution < 1.29 is 0 Å². The van der Waals surface area contributed by atoms with Gasteiger partial charge in [-0.05, 0) is 33.6 Å². The highest BCUT2D eigenvalue weighted by Crippen LogP contribution is 2.19. The average molecular weight is 296 g/mol. The fraction of sp³-hybridized carbons (Fsp3) is 0.273. The normalized spacial score (nSPS) is 12.6. The second-order valence-corrected chi connectivity index (χ2v) is 4.76. The second-order valence-electron chi connectivity index (χ2n) is 3.84. The van der Waals surface area contributed by atoms with Crippen LogP contribution in [0.4, 0.5) is 0 Å². The van der Waals surface area contributed by atoms with Crippen LogP contribution < -0.4 is 11.3 Å². The summed E-state index contributed by atoms with van der Waals surface area (Å²) in [5.74, 6) is 5.58. The van der Waals surface area contributed by atoms with E-state index in [-0.39, 0.29) is 6.04 Å². The summed E-state index contributed by atoms with van der Waals surface area (Å²) in [6.45, 7) is 0. The Labute approximate surface area is 108 Å². The van der Waals surface area contributed by atoms with Gasteiger partial charge in [-0.15, -0.1) is 0 Å². The Morgan fingerprint density at radius 1 is 1.53 bits per heavy atom. The molecular formula is C11H14BrN5. The van der Waals surface area contributed by atoms with Gasteiger partial charge in [0.25, 0.3) is 0 Å². The molecule has 5 nitrogen and oxygen atoms in total. The summed E-state index contributed by atoms with van der Waals surface area (Å²) in [4.78, 5) is 4.13. The molecule has 0 amide bonds. The van der Waals surface area contributed by atoms with Crippen LogP contribution in [0, 0.1) is 0 Å². The molecule has 6 heteroatoms. The number of hydrogen-bond acceptors (Lipinski definition) is 4. The van der Waals surface area contributed by atoms with E-state index in [4.69, 9.17) is 5.84 Å². The number of nitrogens with zero attached hydrogens (tertiary/aromatic N) is 3. The van der Waals surface area contributed by atoms with Crippen molar-refractivity contribution in [3.63, 3.8) is 0 Å². The summed E-state index contributed by atoms with van der Waals surface area (Å²) in [7, 11) is 1.90. The number of hydrazine groups is 1. The van der Waals surface area contributed by atoms with Crippen LogP contribution in [0.1, 0.15) is 17.3 Å². The summed E-state index contributed by atoms with van der Waals surface area (Å²) >= 11 is 3.40. The summed E-state index contributed by atoms with van der Waals surface area (Å²) in [6.07, 6.45) is 6.20. The fourth-order valence-electron chi connectivity index (χ4n) is 1.67. The minimum atomic E-state index is 0.00917. The maximum Gasteiger partial charge on any atom is 0.0643 e. The largest absolute Gasteiger partial charge is 0.276 e. The number of nitrogens with one attached hydrogen (secondary N) is 1. The van der Waals surface area contributed by atoms with E-state index < -0.39 is 0 Å². The third-order valence-corrected chi connectivity index (χ3v) is 2.95. The van der Waals surface area contributed by atoms with Crippen molar-refractivity contribution in [1.29, 1.82) is 0 Å². The van der Waals surface area contributed by atoms with Crippen LogP contribution in [0.2, 0.25) is 0 Å². The summed E-state index contributed by atoms with van der Waals surface area (Å²) in [5, 5.41) is 4.34. The standard InChI is InChI=1S/C11H14BrN5/c1-17-3-2-10(16-17)5-11(15-13)8-4-9(12)7-14-6-8/h2-4,6-7,11,15H,5,13H2,1H3. The van der Waals surface area contributed by atoms with Crippen LogP contribution in [0.25, 0.3) is 0 Å². The number of nitrogens with two attached hydrogens (primary N) is 1. The predicted molar refractivity (Wildman–Crippen MR) is 68.9 cm³/mol. The van der Waals surface area contributed by atoms with E-state index >= 15 is 0 Å². The van der Waals surface area contributed by atoms with Gasteiger partial charge in [0.15, 0.2) is 0 Å². The molecule has 0 fully saturated rings. The Kier molecular flexibility index (Phi) is 3.88. The summed E-state index contributed by atoms with van der Waals surface area (Å²) in [5.41, 5.74) is 4.82. The lowest BCUT2D eigenvalue weighted by Gasteiger charge is -2.14. The van der Waals surface area contributed by atoms with Gasteiger partial charge in [-0.2, -0.15) is 5.10 Å². The molecule has 2 rings (SSSR count). The second kappa shape index (κ2) is 5.39. The number of halogens is 1. The molecule has 0 radical (unpaired) electrons. The van der Waals surface area contributed by atoms with Crippen molar-refractivity contribution in [2.45, 2.75) is 12.5 Å². The number of hydrogen-bond donors (Lipinski definition) is 2. The minimum absolute atomic E-state index is 0.00917. The zero-order valence-corrected chi connectivity index (χ0v) is 11.1. The summed E-state index contributed by atoms with van der Waals surface area (Å²) in [6, 6.07) is 3.99. The molecule has 90 valence electrons. The lowest BCUT2D eigenvalue weighted by Crippen LogP contribution is -2.29. The lowest BCUT2D eigenvalue weighted by atomic mass is 10.1. The topological polar surface area (TPSA) is 68.8 Å². The molecule has 0 aromatic carbocycles. The van der Waals surface area contributed by atoms with Crippen molar-refractivity contribution in [3.05, 3.63) is 46.5 Å². The van der Waals surface area contributed by atoms with Crippen molar-refractivity contribution in [2.24, 2.45) is 12.9 Å². The maximum atomic E-state index is 5.58. The van der Waals surface area contributed by atoms with E-state index in [2.05, 4.69) is 31.4 Å². The molecule has 0 aliphatic heterocycles. The minimum Gasteiger partial charge on any atom is -0.276 e. The monoisotopic (exact) mass is 295 g/mol. The van der Waals surface area contributed by atoms with Crippen molar-refractivity contribution in [2.75, 3.05) is 0 Å². The van der Waals surface area contributed by atoms with Crippen molar-refractivity contribution >= 4 is 15.9 Å². The van der Waals surface area contributed by atoms with Gasteiger partial charge < -0.3 is 0 Å². The van der Waals surface area contributed by atoms with Gasteiger partial charge in [-0.3, -0.25) is 20.9 Å². The van der Waals surface area contributed by atoms with E-state index in [1.807, 2.05) is 25.4 Å². The van der Waals surface area contributed by atoms with Gasteiger partial charge in [-0.25, -0.2) is 0 Å². The van der Waals surface area contributed by atoms with Crippen molar-refractivity contribution in [1.82, 2.24) is 20.2 Å². The van der Waals surface area contributed by atoms with Gasteiger partial charge in [0.05, 0.1) is 11.7 Å². The smallest absolute Gasteiger partial charge is 0.0643 e. The van der Waals surface area contributed by atoms with E-state index in [0.29, 0.717) is 0 Å². The van der Waals surface area contributed by atoms with Crippen LogP contribution in [-0.2, 0) is 13.5 Å². The average Bonchev–Trinajstić information content (AvgIpc) is 2.72. The molecule has 0 aliphatic carbocycles. The SMILES string of the molecule is Cn1ccc(CC(NN)c2cncc(Br)c2)n1. The van der Waals surface area contributed by atoms with Crippen LogP contribution in [-0.4, -0.2) is 14.8 Å². The fourth-order valence-corrected chi connectivity index (χ4v) is 2.06. The highest BCUT2D eigenvalue weighted by Gasteiger charge is 2.12. The van der Waals surface area contributed by atoms with Crippen LogP contribution in [0.5, 0.6) is 0 Å².